The fraction of sp³-hybridized carbons (Fsp3) is 0.833. The van der Waals surface area contributed by atoms with E-state index in [1.165, 1.54) is 0 Å². The molecule has 0 bridgehead atoms. The van der Waals surface area contributed by atoms with Gasteiger partial charge in [0.25, 0.3) is 0 Å². The lowest BCUT2D eigenvalue weighted by atomic mass is 9.96. The Morgan fingerprint density at radius 2 is 1.95 bits per heavy atom. The molecule has 22 heavy (non-hydrogen) atoms. The van der Waals surface area contributed by atoms with Gasteiger partial charge in [0, 0.05) is 19.0 Å². The SMILES string of the molecule is CC(C)(C)OC(=O)N1CCC(C2=NNC(S(=O)(=O)O)N2)CC1. The Kier molecular flexibility index (Phi) is 4.52. The largest absolute Gasteiger partial charge is 0.444 e. The van der Waals surface area contributed by atoms with Crippen molar-refractivity contribution in [3.05, 3.63) is 0 Å². The second kappa shape index (κ2) is 5.92. The Bertz CT molecular complexity index is 561. The number of nitrogens with one attached hydrogen (secondary N) is 2. The number of hydrogen-bond acceptors (Lipinski definition) is 7. The minimum Gasteiger partial charge on any atom is -0.444 e. The number of amides is 1. The molecular weight excluding hydrogens is 312 g/mol. The summed E-state index contributed by atoms with van der Waals surface area (Å²) in [4.78, 5) is 13.6. The monoisotopic (exact) mass is 334 g/mol. The maximum Gasteiger partial charge on any atom is 0.410 e. The molecule has 0 spiro atoms. The normalized spacial score (nSPS) is 23.5. The van der Waals surface area contributed by atoms with Crippen molar-refractivity contribution in [2.24, 2.45) is 11.0 Å². The Morgan fingerprint density at radius 3 is 2.41 bits per heavy atom. The zero-order chi connectivity index (χ0) is 16.5. The molecule has 1 atom stereocenters. The van der Waals surface area contributed by atoms with Crippen LogP contribution >= 0.6 is 0 Å². The second-order valence-corrected chi connectivity index (χ2v) is 7.91. The van der Waals surface area contributed by atoms with Crippen LogP contribution in [0.1, 0.15) is 33.6 Å². The van der Waals surface area contributed by atoms with E-state index in [1.807, 2.05) is 20.8 Å². The first kappa shape index (κ1) is 16.8. The predicted octanol–water partition coefficient (Wildman–Crippen LogP) is 0.311. The summed E-state index contributed by atoms with van der Waals surface area (Å²) in [6.07, 6.45) is 0.941. The lowest BCUT2D eigenvalue weighted by Gasteiger charge is -2.33. The van der Waals surface area contributed by atoms with Crippen LogP contribution in [-0.4, -0.2) is 54.0 Å². The fourth-order valence-corrected chi connectivity index (χ4v) is 2.79. The van der Waals surface area contributed by atoms with Gasteiger partial charge < -0.3 is 15.0 Å². The molecule has 9 nitrogen and oxygen atoms in total. The summed E-state index contributed by atoms with van der Waals surface area (Å²) in [6.45, 7) is 6.47. The van der Waals surface area contributed by atoms with E-state index < -0.39 is 21.2 Å². The van der Waals surface area contributed by atoms with Crippen LogP contribution < -0.4 is 10.7 Å². The molecule has 3 N–H and O–H groups in total. The molecule has 0 aromatic rings. The second-order valence-electron chi connectivity index (χ2n) is 6.41. The highest BCUT2D eigenvalue weighted by molar-refractivity contribution is 7.86. The summed E-state index contributed by atoms with van der Waals surface area (Å²) in [5.41, 5.74) is 0.513. The van der Waals surface area contributed by atoms with Crippen molar-refractivity contribution in [3.63, 3.8) is 0 Å². The zero-order valence-corrected chi connectivity index (χ0v) is 13.7. The van der Waals surface area contributed by atoms with Gasteiger partial charge in [0.05, 0.1) is 0 Å². The molecule has 0 saturated carbocycles. The van der Waals surface area contributed by atoms with E-state index in [0.29, 0.717) is 31.8 Å². The summed E-state index contributed by atoms with van der Waals surface area (Å²) in [5.74, 6) is 0.504. The standard InChI is InChI=1S/C12H22N4O5S/c1-12(2,3)21-11(17)16-6-4-8(5-7-16)9-13-10(15-14-9)22(18,19)20/h8,10,15H,4-7H2,1-3H3,(H,13,14)(H,18,19,20). The van der Waals surface area contributed by atoms with Crippen LogP contribution in [0.4, 0.5) is 4.79 Å². The zero-order valence-electron chi connectivity index (χ0n) is 12.9. The van der Waals surface area contributed by atoms with Gasteiger partial charge in [-0.25, -0.2) is 4.79 Å². The molecule has 1 unspecified atom stereocenters. The maximum atomic E-state index is 12.0. The summed E-state index contributed by atoms with van der Waals surface area (Å²) in [7, 11) is -4.24. The molecule has 0 aromatic carbocycles. The molecule has 0 radical (unpaired) electrons. The number of likely N-dealkylation sites (tertiary alicyclic amines) is 1. The highest BCUT2D eigenvalue weighted by Crippen LogP contribution is 2.21. The van der Waals surface area contributed by atoms with Crippen LogP contribution in [0.15, 0.2) is 5.10 Å². The van der Waals surface area contributed by atoms with Crippen LogP contribution in [-0.2, 0) is 14.9 Å². The quantitative estimate of drug-likeness (QED) is 0.622. The number of carbonyl (C=O) groups is 1. The van der Waals surface area contributed by atoms with Gasteiger partial charge in [-0.2, -0.15) is 13.5 Å². The number of rotatable bonds is 2. The van der Waals surface area contributed by atoms with Gasteiger partial charge in [-0.15, -0.1) is 0 Å². The molecule has 0 aromatic heterocycles. The topological polar surface area (TPSA) is 120 Å². The predicted molar refractivity (Wildman–Crippen MR) is 79.6 cm³/mol. The van der Waals surface area contributed by atoms with Gasteiger partial charge in [-0.1, -0.05) is 0 Å². The number of hydrogen-bond donors (Lipinski definition) is 3. The molecule has 1 amide bonds. The minimum absolute atomic E-state index is 0.0120. The summed E-state index contributed by atoms with van der Waals surface area (Å²) in [6, 6.07) is 0. The third kappa shape index (κ3) is 4.23. The molecule has 0 aliphatic carbocycles. The van der Waals surface area contributed by atoms with Crippen LogP contribution in [0.25, 0.3) is 0 Å². The first-order valence-electron chi connectivity index (χ1n) is 7.10. The number of carbonyl (C=O) groups excluding carboxylic acids is 1. The molecule has 10 heteroatoms. The summed E-state index contributed by atoms with van der Waals surface area (Å²) in [5, 5.41) is 6.57. The van der Waals surface area contributed by atoms with E-state index in [4.69, 9.17) is 9.29 Å². The van der Waals surface area contributed by atoms with Crippen LogP contribution in [0, 0.1) is 5.92 Å². The Hall–Kier alpha value is -1.55. The summed E-state index contributed by atoms with van der Waals surface area (Å²) >= 11 is 0. The number of nitrogens with zero attached hydrogens (tertiary/aromatic N) is 2. The number of ether oxygens (including phenoxy) is 1. The van der Waals surface area contributed by atoms with Gasteiger partial charge in [0.15, 0.2) is 0 Å². The fourth-order valence-electron chi connectivity index (χ4n) is 2.34. The molecule has 2 aliphatic heterocycles. The lowest BCUT2D eigenvalue weighted by Crippen LogP contribution is -2.47. The molecule has 2 heterocycles. The molecule has 1 fully saturated rings. The number of amidine groups is 1. The average Bonchev–Trinajstić information content (AvgIpc) is 2.86. The van der Waals surface area contributed by atoms with Crippen LogP contribution in [0.5, 0.6) is 0 Å². The van der Waals surface area contributed by atoms with Crippen molar-refractivity contribution in [2.75, 3.05) is 13.1 Å². The Balaban J connectivity index is 1.85. The Labute approximate surface area is 129 Å². The van der Waals surface area contributed by atoms with E-state index in [1.54, 1.807) is 4.90 Å². The van der Waals surface area contributed by atoms with Crippen molar-refractivity contribution < 1.29 is 22.5 Å². The van der Waals surface area contributed by atoms with Crippen molar-refractivity contribution >= 4 is 22.0 Å². The van der Waals surface area contributed by atoms with Gasteiger partial charge >= 0.3 is 16.2 Å². The van der Waals surface area contributed by atoms with E-state index >= 15 is 0 Å². The third-order valence-corrected chi connectivity index (χ3v) is 4.23. The molecule has 1 saturated heterocycles. The highest BCUT2D eigenvalue weighted by atomic mass is 32.2. The van der Waals surface area contributed by atoms with E-state index in [9.17, 15) is 13.2 Å². The molecule has 126 valence electrons. The van der Waals surface area contributed by atoms with Crippen molar-refractivity contribution in [1.82, 2.24) is 15.6 Å². The smallest absolute Gasteiger partial charge is 0.410 e. The van der Waals surface area contributed by atoms with Crippen molar-refractivity contribution in [1.29, 1.82) is 0 Å². The Morgan fingerprint density at radius 1 is 1.36 bits per heavy atom. The van der Waals surface area contributed by atoms with Crippen LogP contribution in [0.2, 0.25) is 0 Å². The van der Waals surface area contributed by atoms with Crippen molar-refractivity contribution in [3.8, 4) is 0 Å². The van der Waals surface area contributed by atoms with Gasteiger partial charge in [0.1, 0.15) is 11.4 Å². The van der Waals surface area contributed by atoms with Crippen molar-refractivity contribution in [2.45, 2.75) is 44.7 Å². The van der Waals surface area contributed by atoms with E-state index in [0.717, 1.165) is 0 Å². The van der Waals surface area contributed by atoms with E-state index in [-0.39, 0.29) is 12.0 Å². The average molecular weight is 334 g/mol. The first-order valence-corrected chi connectivity index (χ1v) is 8.60. The molecule has 2 aliphatic rings. The van der Waals surface area contributed by atoms with Gasteiger partial charge in [0.2, 0.25) is 5.50 Å². The third-order valence-electron chi connectivity index (χ3n) is 3.41. The highest BCUT2D eigenvalue weighted by Gasteiger charge is 2.34. The molecule has 2 rings (SSSR count). The number of hydrazone groups is 1. The lowest BCUT2D eigenvalue weighted by molar-refractivity contribution is 0.0201. The first-order chi connectivity index (χ1) is 10.1. The molecular formula is C12H22N4O5S. The minimum atomic E-state index is -4.24. The van der Waals surface area contributed by atoms with Crippen LogP contribution in [0.3, 0.4) is 0 Å². The number of piperidine rings is 1. The van der Waals surface area contributed by atoms with Gasteiger partial charge in [-0.05, 0) is 33.6 Å². The summed E-state index contributed by atoms with van der Waals surface area (Å²) < 4.78 is 36.3. The maximum absolute atomic E-state index is 12.0. The van der Waals surface area contributed by atoms with E-state index in [2.05, 4.69) is 15.8 Å². The van der Waals surface area contributed by atoms with Gasteiger partial charge in [-0.3, -0.25) is 9.98 Å².